The predicted octanol–water partition coefficient (Wildman–Crippen LogP) is 2.38. The summed E-state index contributed by atoms with van der Waals surface area (Å²) in [5.41, 5.74) is 0. The summed E-state index contributed by atoms with van der Waals surface area (Å²) in [6.07, 6.45) is 7.64. The van der Waals surface area contributed by atoms with Gasteiger partial charge in [0.1, 0.15) is 0 Å². The van der Waals surface area contributed by atoms with Crippen LogP contribution in [0.25, 0.3) is 0 Å². The third-order valence-electron chi connectivity index (χ3n) is 5.65. The topological polar surface area (TPSA) is 57.6 Å². The lowest BCUT2D eigenvalue weighted by atomic mass is 9.85. The van der Waals surface area contributed by atoms with Crippen LogP contribution in [-0.2, 0) is 9.59 Å². The Labute approximate surface area is 120 Å². The van der Waals surface area contributed by atoms with Crippen LogP contribution in [0.4, 0.5) is 0 Å². The number of carboxylic acids is 1. The molecular weight excluding hydrogens is 254 g/mol. The summed E-state index contributed by atoms with van der Waals surface area (Å²) < 4.78 is 0. The monoisotopic (exact) mass is 279 g/mol. The highest BCUT2D eigenvalue weighted by molar-refractivity contribution is 5.83. The minimum atomic E-state index is -0.757. The van der Waals surface area contributed by atoms with Crippen LogP contribution in [-0.4, -0.2) is 35.0 Å². The van der Waals surface area contributed by atoms with Crippen LogP contribution in [0.2, 0.25) is 0 Å². The molecule has 20 heavy (non-hydrogen) atoms. The molecule has 112 valence electrons. The number of carboxylic acid groups (broad SMARTS) is 1. The van der Waals surface area contributed by atoms with Crippen LogP contribution in [0.5, 0.6) is 0 Å². The van der Waals surface area contributed by atoms with Gasteiger partial charge in [-0.1, -0.05) is 39.0 Å². The van der Waals surface area contributed by atoms with Crippen molar-refractivity contribution in [2.45, 2.75) is 45.4 Å². The van der Waals surface area contributed by atoms with Crippen LogP contribution in [0.1, 0.15) is 45.4 Å². The molecule has 1 saturated heterocycles. The second kappa shape index (κ2) is 5.38. The zero-order valence-corrected chi connectivity index (χ0v) is 12.3. The lowest BCUT2D eigenvalue weighted by molar-refractivity contribution is -0.142. The standard InChI is InChI=1S/C16H25NO3/c1-10-8-17(9-14(10)16(19)20)15(18)13-7-12(13)11-5-3-2-4-6-11/h10-14H,2-9H2,1H3,(H,19,20)/t10-,12?,13?,14-/m1/s1. The van der Waals surface area contributed by atoms with Gasteiger partial charge in [0.05, 0.1) is 5.92 Å². The maximum atomic E-state index is 12.5. The lowest BCUT2D eigenvalue weighted by Crippen LogP contribution is -2.32. The van der Waals surface area contributed by atoms with Crippen LogP contribution < -0.4 is 0 Å². The number of nitrogens with zero attached hydrogens (tertiary/aromatic N) is 1. The molecular formula is C16H25NO3. The molecule has 2 aliphatic carbocycles. The van der Waals surface area contributed by atoms with Crippen LogP contribution in [0.15, 0.2) is 0 Å². The number of carbonyl (C=O) groups excluding carboxylic acids is 1. The van der Waals surface area contributed by atoms with E-state index in [4.69, 9.17) is 5.11 Å². The highest BCUT2D eigenvalue weighted by Crippen LogP contribution is 2.50. The fourth-order valence-electron chi connectivity index (χ4n) is 4.28. The van der Waals surface area contributed by atoms with Gasteiger partial charge in [0.15, 0.2) is 0 Å². The van der Waals surface area contributed by atoms with Crippen molar-refractivity contribution in [3.05, 3.63) is 0 Å². The van der Waals surface area contributed by atoms with E-state index in [2.05, 4.69) is 0 Å². The van der Waals surface area contributed by atoms with Crippen LogP contribution >= 0.6 is 0 Å². The molecule has 3 aliphatic rings. The van der Waals surface area contributed by atoms with Gasteiger partial charge in [-0.05, 0) is 24.2 Å². The Morgan fingerprint density at radius 2 is 1.75 bits per heavy atom. The SMILES string of the molecule is C[C@@H]1CN(C(=O)C2CC2C2CCCCC2)C[C@H]1C(=O)O. The molecule has 0 aromatic rings. The highest BCUT2D eigenvalue weighted by atomic mass is 16.4. The number of amides is 1. The maximum Gasteiger partial charge on any atom is 0.308 e. The Morgan fingerprint density at radius 3 is 2.35 bits per heavy atom. The van der Waals surface area contributed by atoms with Gasteiger partial charge in [-0.25, -0.2) is 0 Å². The largest absolute Gasteiger partial charge is 0.481 e. The van der Waals surface area contributed by atoms with Gasteiger partial charge in [0.25, 0.3) is 0 Å². The smallest absolute Gasteiger partial charge is 0.308 e. The van der Waals surface area contributed by atoms with Gasteiger partial charge in [-0.2, -0.15) is 0 Å². The number of rotatable bonds is 3. The quantitative estimate of drug-likeness (QED) is 0.863. The van der Waals surface area contributed by atoms with Crippen molar-refractivity contribution in [3.8, 4) is 0 Å². The fraction of sp³-hybridized carbons (Fsp3) is 0.875. The summed E-state index contributed by atoms with van der Waals surface area (Å²) >= 11 is 0. The molecule has 0 aromatic carbocycles. The van der Waals surface area contributed by atoms with Gasteiger partial charge in [0, 0.05) is 19.0 Å². The molecule has 1 amide bonds. The first-order valence-electron chi connectivity index (χ1n) is 8.09. The molecule has 0 spiro atoms. The van der Waals surface area contributed by atoms with Gasteiger partial charge in [-0.15, -0.1) is 0 Å². The van der Waals surface area contributed by atoms with Gasteiger partial charge in [-0.3, -0.25) is 9.59 Å². The molecule has 3 fully saturated rings. The zero-order valence-electron chi connectivity index (χ0n) is 12.3. The minimum Gasteiger partial charge on any atom is -0.481 e. The molecule has 4 nitrogen and oxygen atoms in total. The van der Waals surface area contributed by atoms with Crippen molar-refractivity contribution in [2.75, 3.05) is 13.1 Å². The first-order chi connectivity index (χ1) is 9.58. The van der Waals surface area contributed by atoms with Crippen molar-refractivity contribution < 1.29 is 14.7 Å². The van der Waals surface area contributed by atoms with E-state index in [0.29, 0.717) is 19.0 Å². The van der Waals surface area contributed by atoms with Gasteiger partial charge in [0.2, 0.25) is 5.91 Å². The number of aliphatic carboxylic acids is 1. The average Bonchev–Trinajstić information content (AvgIpc) is 3.14. The van der Waals surface area contributed by atoms with Crippen molar-refractivity contribution >= 4 is 11.9 Å². The Hall–Kier alpha value is -1.06. The molecule has 3 rings (SSSR count). The van der Waals surface area contributed by atoms with E-state index >= 15 is 0 Å². The first-order valence-corrected chi connectivity index (χ1v) is 8.09. The molecule has 1 aliphatic heterocycles. The van der Waals surface area contributed by atoms with Crippen LogP contribution in [0.3, 0.4) is 0 Å². The summed E-state index contributed by atoms with van der Waals surface area (Å²) in [7, 11) is 0. The first kappa shape index (κ1) is 13.9. The third-order valence-corrected chi connectivity index (χ3v) is 5.65. The number of hydrogen-bond acceptors (Lipinski definition) is 2. The van der Waals surface area contributed by atoms with E-state index in [1.165, 1.54) is 32.1 Å². The second-order valence-electron chi connectivity index (χ2n) is 7.07. The number of likely N-dealkylation sites (tertiary alicyclic amines) is 1. The predicted molar refractivity (Wildman–Crippen MR) is 75.0 cm³/mol. The van der Waals surface area contributed by atoms with E-state index in [9.17, 15) is 9.59 Å². The molecule has 0 bridgehead atoms. The molecule has 2 saturated carbocycles. The summed E-state index contributed by atoms with van der Waals surface area (Å²) in [5.74, 6) is 0.755. The van der Waals surface area contributed by atoms with Gasteiger partial charge >= 0.3 is 5.97 Å². The normalized spacial score (nSPS) is 38.0. The summed E-state index contributed by atoms with van der Waals surface area (Å²) in [5, 5.41) is 9.16. The van der Waals surface area contributed by atoms with Crippen molar-refractivity contribution in [1.29, 1.82) is 0 Å². The zero-order chi connectivity index (χ0) is 14.3. The van der Waals surface area contributed by atoms with E-state index in [-0.39, 0.29) is 23.7 Å². The van der Waals surface area contributed by atoms with E-state index in [1.807, 2.05) is 11.8 Å². The number of hydrogen-bond donors (Lipinski definition) is 1. The Balaban J connectivity index is 1.54. The Bertz CT molecular complexity index is 403. The molecule has 2 unspecified atom stereocenters. The van der Waals surface area contributed by atoms with Crippen LogP contribution in [0, 0.1) is 29.6 Å². The molecule has 1 heterocycles. The molecule has 0 radical (unpaired) electrons. The van der Waals surface area contributed by atoms with Crippen molar-refractivity contribution in [1.82, 2.24) is 4.90 Å². The summed E-state index contributed by atoms with van der Waals surface area (Å²) in [4.78, 5) is 25.5. The molecule has 4 heteroatoms. The second-order valence-corrected chi connectivity index (χ2v) is 7.07. The minimum absolute atomic E-state index is 0.0864. The summed E-state index contributed by atoms with van der Waals surface area (Å²) in [6, 6.07) is 0. The molecule has 4 atom stereocenters. The molecule has 1 N–H and O–H groups in total. The average molecular weight is 279 g/mol. The lowest BCUT2D eigenvalue weighted by Gasteiger charge is -2.22. The van der Waals surface area contributed by atoms with E-state index in [1.54, 1.807) is 0 Å². The highest BCUT2D eigenvalue weighted by Gasteiger charge is 2.50. The Morgan fingerprint density at radius 1 is 1.05 bits per heavy atom. The van der Waals surface area contributed by atoms with Crippen molar-refractivity contribution in [3.63, 3.8) is 0 Å². The molecule has 0 aromatic heterocycles. The number of carbonyl (C=O) groups is 2. The third kappa shape index (κ3) is 2.57. The summed E-state index contributed by atoms with van der Waals surface area (Å²) in [6.45, 7) is 2.99. The van der Waals surface area contributed by atoms with E-state index in [0.717, 1.165) is 12.3 Å². The Kier molecular flexibility index (Phi) is 3.74. The van der Waals surface area contributed by atoms with E-state index < -0.39 is 5.97 Å². The van der Waals surface area contributed by atoms with Crippen molar-refractivity contribution in [2.24, 2.45) is 29.6 Å². The maximum absolute atomic E-state index is 12.5. The fourth-order valence-corrected chi connectivity index (χ4v) is 4.28. The van der Waals surface area contributed by atoms with Gasteiger partial charge < -0.3 is 10.0 Å².